The lowest BCUT2D eigenvalue weighted by atomic mass is 10.1. The molecule has 0 saturated carbocycles. The van der Waals surface area contributed by atoms with Crippen LogP contribution >= 0.6 is 0 Å². The van der Waals surface area contributed by atoms with Crippen LogP contribution in [-0.2, 0) is 16.6 Å². The number of aromatic nitrogens is 1. The van der Waals surface area contributed by atoms with E-state index in [0.717, 1.165) is 6.42 Å². The van der Waals surface area contributed by atoms with Gasteiger partial charge in [0.15, 0.2) is 0 Å². The van der Waals surface area contributed by atoms with Crippen molar-refractivity contribution in [2.75, 3.05) is 13.1 Å². The smallest absolute Gasteiger partial charge is 0.352 e. The molecule has 0 aliphatic carbocycles. The number of nitrogens with zero attached hydrogens (tertiary/aromatic N) is 2. The second-order valence-electron chi connectivity index (χ2n) is 5.30. The predicted molar refractivity (Wildman–Crippen MR) is 77.7 cm³/mol. The number of rotatable bonds is 5. The van der Waals surface area contributed by atoms with Crippen LogP contribution in [-0.4, -0.2) is 47.5 Å². The third kappa shape index (κ3) is 3.28. The van der Waals surface area contributed by atoms with Gasteiger partial charge in [0.2, 0.25) is 10.0 Å². The van der Waals surface area contributed by atoms with Gasteiger partial charge in [0, 0.05) is 31.9 Å². The molecule has 1 fully saturated rings. The van der Waals surface area contributed by atoms with Crippen LogP contribution in [0.2, 0.25) is 0 Å². The number of hydrogen-bond donors (Lipinski definition) is 2. The number of hydrogen-bond acceptors (Lipinski definition) is 4. The molecule has 118 valence electrons. The van der Waals surface area contributed by atoms with E-state index in [4.69, 9.17) is 5.73 Å². The Hall–Kier alpha value is -1.38. The average Bonchev–Trinajstić information content (AvgIpc) is 2.84. The maximum atomic E-state index is 12.6. The van der Waals surface area contributed by atoms with Crippen LogP contribution in [0.3, 0.4) is 0 Å². The Bertz CT molecular complexity index is 615. The van der Waals surface area contributed by atoms with E-state index >= 15 is 0 Å². The van der Waals surface area contributed by atoms with Gasteiger partial charge in [-0.1, -0.05) is 6.92 Å². The maximum absolute atomic E-state index is 12.6. The van der Waals surface area contributed by atoms with Gasteiger partial charge in [0.1, 0.15) is 10.6 Å². The summed E-state index contributed by atoms with van der Waals surface area (Å²) in [6, 6.07) is 1.28. The molecule has 1 aromatic heterocycles. The Morgan fingerprint density at radius 2 is 2.05 bits per heavy atom. The van der Waals surface area contributed by atoms with Crippen molar-refractivity contribution in [2.45, 2.75) is 43.7 Å². The zero-order valence-corrected chi connectivity index (χ0v) is 12.8. The van der Waals surface area contributed by atoms with Gasteiger partial charge >= 0.3 is 5.97 Å². The zero-order chi connectivity index (χ0) is 15.6. The molecule has 0 unspecified atom stereocenters. The third-order valence-corrected chi connectivity index (χ3v) is 5.56. The number of sulfonamides is 1. The van der Waals surface area contributed by atoms with Crippen LogP contribution in [0.5, 0.6) is 0 Å². The van der Waals surface area contributed by atoms with Gasteiger partial charge < -0.3 is 15.4 Å². The van der Waals surface area contributed by atoms with Gasteiger partial charge in [-0.3, -0.25) is 0 Å². The van der Waals surface area contributed by atoms with E-state index in [2.05, 4.69) is 0 Å². The van der Waals surface area contributed by atoms with Crippen LogP contribution in [0.25, 0.3) is 0 Å². The van der Waals surface area contributed by atoms with Gasteiger partial charge in [0.05, 0.1) is 0 Å². The normalized spacial score (nSPS) is 18.0. The summed E-state index contributed by atoms with van der Waals surface area (Å²) in [4.78, 5) is 11.3. The van der Waals surface area contributed by atoms with Crippen molar-refractivity contribution >= 4 is 16.0 Å². The average molecular weight is 315 g/mol. The first-order valence-corrected chi connectivity index (χ1v) is 8.49. The SMILES string of the molecule is CCCn1cc(S(=O)(=O)N2CCC(N)CC2)cc1C(=O)O. The first-order valence-electron chi connectivity index (χ1n) is 7.05. The molecule has 0 amide bonds. The van der Waals surface area contributed by atoms with Crippen molar-refractivity contribution in [3.8, 4) is 0 Å². The Labute approximate surface area is 124 Å². The van der Waals surface area contributed by atoms with Gasteiger partial charge in [-0.05, 0) is 25.3 Å². The Kier molecular flexibility index (Phi) is 4.70. The second-order valence-corrected chi connectivity index (χ2v) is 7.24. The molecule has 1 saturated heterocycles. The minimum Gasteiger partial charge on any atom is -0.477 e. The molecule has 0 aromatic carbocycles. The fourth-order valence-corrected chi connectivity index (χ4v) is 4.01. The molecule has 21 heavy (non-hydrogen) atoms. The molecule has 0 radical (unpaired) electrons. The largest absolute Gasteiger partial charge is 0.477 e. The molecule has 8 heteroatoms. The lowest BCUT2D eigenvalue weighted by Gasteiger charge is -2.28. The van der Waals surface area contributed by atoms with Gasteiger partial charge in [0.25, 0.3) is 0 Å². The van der Waals surface area contributed by atoms with Gasteiger partial charge in [-0.15, -0.1) is 0 Å². The van der Waals surface area contributed by atoms with E-state index in [1.807, 2.05) is 6.92 Å². The minimum atomic E-state index is -3.65. The number of carboxylic acids is 1. The second kappa shape index (κ2) is 6.17. The number of aryl methyl sites for hydroxylation is 1. The molecule has 0 atom stereocenters. The molecule has 1 aliphatic rings. The summed E-state index contributed by atoms with van der Waals surface area (Å²) in [7, 11) is -3.65. The molecule has 3 N–H and O–H groups in total. The quantitative estimate of drug-likeness (QED) is 0.832. The molecule has 2 rings (SSSR count). The Morgan fingerprint density at radius 1 is 1.43 bits per heavy atom. The molecule has 7 nitrogen and oxygen atoms in total. The van der Waals surface area contributed by atoms with Crippen molar-refractivity contribution in [3.63, 3.8) is 0 Å². The van der Waals surface area contributed by atoms with Crippen molar-refractivity contribution in [2.24, 2.45) is 5.73 Å². The van der Waals surface area contributed by atoms with Gasteiger partial charge in [-0.2, -0.15) is 4.31 Å². The molecule has 0 spiro atoms. The van der Waals surface area contributed by atoms with Crippen LogP contribution in [0.1, 0.15) is 36.7 Å². The highest BCUT2D eigenvalue weighted by Crippen LogP contribution is 2.22. The zero-order valence-electron chi connectivity index (χ0n) is 12.0. The third-order valence-electron chi connectivity index (χ3n) is 3.69. The predicted octanol–water partition coefficient (Wildman–Crippen LogP) is 0.708. The summed E-state index contributed by atoms with van der Waals surface area (Å²) < 4.78 is 28.0. The van der Waals surface area contributed by atoms with Crippen molar-refractivity contribution in [1.29, 1.82) is 0 Å². The molecule has 2 heterocycles. The van der Waals surface area contributed by atoms with E-state index in [0.29, 0.717) is 32.5 Å². The Balaban J connectivity index is 2.32. The van der Waals surface area contributed by atoms with E-state index in [1.165, 1.54) is 21.1 Å². The van der Waals surface area contributed by atoms with Crippen LogP contribution in [0, 0.1) is 0 Å². The first kappa shape index (κ1) is 16.0. The highest BCUT2D eigenvalue weighted by atomic mass is 32.2. The topological polar surface area (TPSA) is 106 Å². The monoisotopic (exact) mass is 315 g/mol. The molecule has 1 aliphatic heterocycles. The summed E-state index contributed by atoms with van der Waals surface area (Å²) in [5.74, 6) is -1.12. The van der Waals surface area contributed by atoms with Crippen molar-refractivity contribution in [3.05, 3.63) is 18.0 Å². The molecular formula is C13H21N3O4S. The summed E-state index contributed by atoms with van der Waals surface area (Å²) in [6.45, 7) is 3.14. The summed E-state index contributed by atoms with van der Waals surface area (Å²) in [5.41, 5.74) is 5.79. The number of carboxylic acid groups (broad SMARTS) is 1. The number of aromatic carboxylic acids is 1. The lowest BCUT2D eigenvalue weighted by molar-refractivity contribution is 0.0685. The van der Waals surface area contributed by atoms with Gasteiger partial charge in [-0.25, -0.2) is 13.2 Å². The highest BCUT2D eigenvalue weighted by molar-refractivity contribution is 7.89. The van der Waals surface area contributed by atoms with E-state index in [9.17, 15) is 18.3 Å². The fourth-order valence-electron chi connectivity index (χ4n) is 2.49. The van der Waals surface area contributed by atoms with Crippen LogP contribution < -0.4 is 5.73 Å². The minimum absolute atomic E-state index is 0.00383. The first-order chi connectivity index (χ1) is 9.86. The van der Waals surface area contributed by atoms with E-state index in [1.54, 1.807) is 0 Å². The number of piperidine rings is 1. The lowest BCUT2D eigenvalue weighted by Crippen LogP contribution is -2.42. The fraction of sp³-hybridized carbons (Fsp3) is 0.615. The number of nitrogens with two attached hydrogens (primary N) is 1. The van der Waals surface area contributed by atoms with Crippen molar-refractivity contribution < 1.29 is 18.3 Å². The molecular weight excluding hydrogens is 294 g/mol. The maximum Gasteiger partial charge on any atom is 0.352 e. The van der Waals surface area contributed by atoms with E-state index in [-0.39, 0.29) is 16.6 Å². The molecule has 0 bridgehead atoms. The van der Waals surface area contributed by atoms with E-state index < -0.39 is 16.0 Å². The summed E-state index contributed by atoms with van der Waals surface area (Å²) >= 11 is 0. The molecule has 1 aromatic rings. The van der Waals surface area contributed by atoms with Crippen molar-refractivity contribution in [1.82, 2.24) is 8.87 Å². The Morgan fingerprint density at radius 3 is 2.57 bits per heavy atom. The summed E-state index contributed by atoms with van der Waals surface area (Å²) in [6.07, 6.45) is 3.39. The van der Waals surface area contributed by atoms with Crippen LogP contribution in [0.4, 0.5) is 0 Å². The number of carbonyl (C=O) groups is 1. The van der Waals surface area contributed by atoms with Crippen LogP contribution in [0.15, 0.2) is 17.2 Å². The standard InChI is InChI=1S/C13H21N3O4S/c1-2-5-15-9-11(8-12(15)13(17)18)21(19,20)16-6-3-10(14)4-7-16/h8-10H,2-7,14H2,1H3,(H,17,18). The summed E-state index contributed by atoms with van der Waals surface area (Å²) in [5, 5.41) is 9.17. The highest BCUT2D eigenvalue weighted by Gasteiger charge is 2.30.